The van der Waals surface area contributed by atoms with E-state index in [-0.39, 0.29) is 6.04 Å². The lowest BCUT2D eigenvalue weighted by Gasteiger charge is -2.29. The van der Waals surface area contributed by atoms with Gasteiger partial charge in [-0.15, -0.1) is 0 Å². The number of fused-ring (bicyclic) bond motifs is 1. The maximum absolute atomic E-state index is 6.14. The molecule has 0 saturated carbocycles. The van der Waals surface area contributed by atoms with Crippen LogP contribution in [0.5, 0.6) is 5.75 Å². The van der Waals surface area contributed by atoms with Crippen molar-refractivity contribution in [1.82, 2.24) is 0 Å². The average Bonchev–Trinajstić information content (AvgIpc) is 2.38. The average molecular weight is 235 g/mol. The number of para-hydroxylation sites is 1. The zero-order chi connectivity index (χ0) is 12.1. The van der Waals surface area contributed by atoms with Gasteiger partial charge in [-0.2, -0.15) is 0 Å². The summed E-state index contributed by atoms with van der Waals surface area (Å²) in [6.07, 6.45) is 2.03. The Morgan fingerprint density at radius 2 is 2.29 bits per heavy atom. The quantitative estimate of drug-likeness (QED) is 0.794. The number of nitrogens with two attached hydrogens (primary N) is 1. The molecule has 2 rings (SSSR count). The van der Waals surface area contributed by atoms with E-state index in [2.05, 4.69) is 13.0 Å². The molecule has 0 fully saturated rings. The Balaban J connectivity index is 1.88. The molecule has 0 radical (unpaired) electrons. The first kappa shape index (κ1) is 12.4. The number of rotatable bonds is 5. The number of hydrogen-bond acceptors (Lipinski definition) is 3. The van der Waals surface area contributed by atoms with E-state index in [1.54, 1.807) is 0 Å². The smallest absolute Gasteiger partial charge is 0.122 e. The summed E-state index contributed by atoms with van der Waals surface area (Å²) < 4.78 is 11.2. The zero-order valence-corrected chi connectivity index (χ0v) is 10.4. The molecule has 94 valence electrons. The van der Waals surface area contributed by atoms with Crippen molar-refractivity contribution in [2.75, 3.05) is 19.8 Å². The molecule has 2 atom stereocenters. The van der Waals surface area contributed by atoms with Gasteiger partial charge in [-0.1, -0.05) is 25.1 Å². The van der Waals surface area contributed by atoms with Crippen LogP contribution in [-0.2, 0) is 11.2 Å². The molecule has 1 heterocycles. The van der Waals surface area contributed by atoms with Crippen molar-refractivity contribution < 1.29 is 9.47 Å². The predicted molar refractivity (Wildman–Crippen MR) is 68.2 cm³/mol. The molecule has 1 aliphatic rings. The highest BCUT2D eigenvalue weighted by Crippen LogP contribution is 2.27. The van der Waals surface area contributed by atoms with Gasteiger partial charge in [0, 0.05) is 18.6 Å². The second-order valence-corrected chi connectivity index (χ2v) is 4.62. The maximum Gasteiger partial charge on any atom is 0.122 e. The fourth-order valence-electron chi connectivity index (χ4n) is 2.13. The maximum atomic E-state index is 6.14. The van der Waals surface area contributed by atoms with E-state index in [1.165, 1.54) is 5.56 Å². The van der Waals surface area contributed by atoms with E-state index >= 15 is 0 Å². The summed E-state index contributed by atoms with van der Waals surface area (Å²) in [5.41, 5.74) is 7.40. The van der Waals surface area contributed by atoms with Crippen LogP contribution < -0.4 is 10.5 Å². The molecule has 0 bridgehead atoms. The van der Waals surface area contributed by atoms with Crippen molar-refractivity contribution in [2.24, 2.45) is 11.7 Å². The topological polar surface area (TPSA) is 44.5 Å². The lowest BCUT2D eigenvalue weighted by Crippen LogP contribution is -2.41. The SMILES string of the molecule is CCCOCC(N)C1COc2ccccc2C1. The molecule has 0 aliphatic carbocycles. The van der Waals surface area contributed by atoms with E-state index in [4.69, 9.17) is 15.2 Å². The number of benzene rings is 1. The van der Waals surface area contributed by atoms with Gasteiger partial charge in [0.2, 0.25) is 0 Å². The van der Waals surface area contributed by atoms with E-state index < -0.39 is 0 Å². The Morgan fingerprint density at radius 3 is 3.12 bits per heavy atom. The number of hydrogen-bond donors (Lipinski definition) is 1. The minimum Gasteiger partial charge on any atom is -0.493 e. The molecule has 1 aromatic rings. The Morgan fingerprint density at radius 1 is 1.47 bits per heavy atom. The van der Waals surface area contributed by atoms with Gasteiger partial charge in [-0.3, -0.25) is 0 Å². The van der Waals surface area contributed by atoms with Crippen LogP contribution in [0.15, 0.2) is 24.3 Å². The van der Waals surface area contributed by atoms with Crippen LogP contribution >= 0.6 is 0 Å². The van der Waals surface area contributed by atoms with Gasteiger partial charge >= 0.3 is 0 Å². The fraction of sp³-hybridized carbons (Fsp3) is 0.571. The molecule has 2 N–H and O–H groups in total. The lowest BCUT2D eigenvalue weighted by molar-refractivity contribution is 0.0887. The molecule has 1 aromatic carbocycles. The molecular formula is C14H21NO2. The molecule has 0 saturated heterocycles. The van der Waals surface area contributed by atoms with Crippen molar-refractivity contribution in [1.29, 1.82) is 0 Å². The minimum absolute atomic E-state index is 0.0647. The van der Waals surface area contributed by atoms with Crippen molar-refractivity contribution in [3.63, 3.8) is 0 Å². The Labute approximate surface area is 103 Å². The first-order chi connectivity index (χ1) is 8.31. The third kappa shape index (κ3) is 3.20. The van der Waals surface area contributed by atoms with Crippen LogP contribution in [0.1, 0.15) is 18.9 Å². The normalized spacial score (nSPS) is 20.5. The van der Waals surface area contributed by atoms with E-state index in [9.17, 15) is 0 Å². The Kier molecular flexibility index (Phi) is 4.40. The standard InChI is InChI=1S/C14H21NO2/c1-2-7-16-10-13(15)12-8-11-5-3-4-6-14(11)17-9-12/h3-6,12-13H,2,7-10,15H2,1H3. The van der Waals surface area contributed by atoms with Crippen LogP contribution in [0.3, 0.4) is 0 Å². The van der Waals surface area contributed by atoms with Crippen LogP contribution in [-0.4, -0.2) is 25.9 Å². The zero-order valence-electron chi connectivity index (χ0n) is 10.4. The monoisotopic (exact) mass is 235 g/mol. The van der Waals surface area contributed by atoms with Gasteiger partial charge in [0.1, 0.15) is 5.75 Å². The first-order valence-corrected chi connectivity index (χ1v) is 6.35. The molecule has 0 aromatic heterocycles. The molecule has 1 aliphatic heterocycles. The summed E-state index contributed by atoms with van der Waals surface area (Å²) in [6.45, 7) is 4.22. The Hall–Kier alpha value is -1.06. The van der Waals surface area contributed by atoms with Gasteiger partial charge in [-0.25, -0.2) is 0 Å². The van der Waals surface area contributed by atoms with Crippen molar-refractivity contribution in [3.05, 3.63) is 29.8 Å². The summed E-state index contributed by atoms with van der Waals surface area (Å²) >= 11 is 0. The molecule has 0 amide bonds. The fourth-order valence-corrected chi connectivity index (χ4v) is 2.13. The minimum atomic E-state index is 0.0647. The van der Waals surface area contributed by atoms with Crippen LogP contribution in [0, 0.1) is 5.92 Å². The highest BCUT2D eigenvalue weighted by molar-refractivity contribution is 5.35. The third-order valence-electron chi connectivity index (χ3n) is 3.17. The van der Waals surface area contributed by atoms with E-state index in [1.807, 2.05) is 18.2 Å². The summed E-state index contributed by atoms with van der Waals surface area (Å²) in [5.74, 6) is 1.37. The summed E-state index contributed by atoms with van der Waals surface area (Å²) in [7, 11) is 0. The van der Waals surface area contributed by atoms with Crippen LogP contribution in [0.2, 0.25) is 0 Å². The predicted octanol–water partition coefficient (Wildman–Crippen LogP) is 1.99. The first-order valence-electron chi connectivity index (χ1n) is 6.35. The lowest BCUT2D eigenvalue weighted by atomic mass is 9.91. The summed E-state index contributed by atoms with van der Waals surface area (Å²) in [4.78, 5) is 0. The van der Waals surface area contributed by atoms with Gasteiger partial charge in [0.05, 0.1) is 13.2 Å². The van der Waals surface area contributed by atoms with Crippen molar-refractivity contribution in [3.8, 4) is 5.75 Å². The molecule has 3 nitrogen and oxygen atoms in total. The largest absolute Gasteiger partial charge is 0.493 e. The van der Waals surface area contributed by atoms with E-state index in [0.29, 0.717) is 19.1 Å². The number of ether oxygens (including phenoxy) is 2. The van der Waals surface area contributed by atoms with Gasteiger partial charge in [-0.05, 0) is 24.5 Å². The molecule has 17 heavy (non-hydrogen) atoms. The van der Waals surface area contributed by atoms with Crippen LogP contribution in [0.4, 0.5) is 0 Å². The summed E-state index contributed by atoms with van der Waals surface area (Å²) in [6, 6.07) is 8.24. The molecule has 0 spiro atoms. The Bertz CT molecular complexity index is 354. The molecular weight excluding hydrogens is 214 g/mol. The second kappa shape index (κ2) is 6.03. The van der Waals surface area contributed by atoms with Crippen molar-refractivity contribution >= 4 is 0 Å². The highest BCUT2D eigenvalue weighted by atomic mass is 16.5. The van der Waals surface area contributed by atoms with Gasteiger partial charge in [0.25, 0.3) is 0 Å². The third-order valence-corrected chi connectivity index (χ3v) is 3.17. The summed E-state index contributed by atoms with van der Waals surface area (Å²) in [5, 5.41) is 0. The van der Waals surface area contributed by atoms with Crippen LogP contribution in [0.25, 0.3) is 0 Å². The van der Waals surface area contributed by atoms with Gasteiger partial charge in [0.15, 0.2) is 0 Å². The highest BCUT2D eigenvalue weighted by Gasteiger charge is 2.24. The van der Waals surface area contributed by atoms with E-state index in [0.717, 1.165) is 25.2 Å². The molecule has 2 unspecified atom stereocenters. The van der Waals surface area contributed by atoms with Crippen molar-refractivity contribution in [2.45, 2.75) is 25.8 Å². The van der Waals surface area contributed by atoms with Gasteiger partial charge < -0.3 is 15.2 Å². The second-order valence-electron chi connectivity index (χ2n) is 4.62. The molecule has 3 heteroatoms.